The van der Waals surface area contributed by atoms with Crippen LogP contribution in [-0.4, -0.2) is 42.7 Å². The Hall–Kier alpha value is -0.320. The first-order valence-corrected chi connectivity index (χ1v) is 5.52. The van der Waals surface area contributed by atoms with E-state index < -0.39 is 0 Å². The van der Waals surface area contributed by atoms with Crippen LogP contribution in [0.3, 0.4) is 0 Å². The maximum atomic E-state index is 10.0. The topological polar surface area (TPSA) is 35.5 Å². The number of nitrogens with one attached hydrogen (secondary N) is 1. The smallest absolute Gasteiger partial charge is 0.0916 e. The fraction of sp³-hybridized carbons (Fsp3) is 0.500. The molecule has 0 aromatic heterocycles. The third kappa shape index (κ3) is 5.23. The van der Waals surface area contributed by atoms with Crippen molar-refractivity contribution >= 4 is 24.8 Å². The molecule has 2 rings (SSSR count). The van der Waals surface area contributed by atoms with Gasteiger partial charge in [-0.05, 0) is 5.56 Å². The van der Waals surface area contributed by atoms with Crippen molar-refractivity contribution in [3.05, 3.63) is 35.9 Å². The van der Waals surface area contributed by atoms with Gasteiger partial charge < -0.3 is 10.4 Å². The first-order chi connectivity index (χ1) is 7.36. The molecular formula is C12H20Cl2N2O. The predicted octanol–water partition coefficient (Wildman–Crippen LogP) is 1.47. The molecule has 1 unspecified atom stereocenters. The maximum Gasteiger partial charge on any atom is 0.0916 e. The number of piperazine rings is 1. The van der Waals surface area contributed by atoms with E-state index in [2.05, 4.69) is 10.2 Å². The van der Waals surface area contributed by atoms with Gasteiger partial charge >= 0.3 is 0 Å². The highest BCUT2D eigenvalue weighted by Gasteiger charge is 2.14. The second-order valence-corrected chi connectivity index (χ2v) is 3.98. The van der Waals surface area contributed by atoms with E-state index in [1.54, 1.807) is 0 Å². The molecule has 1 aromatic carbocycles. The second kappa shape index (κ2) is 8.72. The minimum Gasteiger partial charge on any atom is -0.387 e. The minimum absolute atomic E-state index is 0. The minimum atomic E-state index is -0.357. The number of aliphatic hydroxyl groups is 1. The van der Waals surface area contributed by atoms with E-state index >= 15 is 0 Å². The molecule has 0 aliphatic carbocycles. The SMILES string of the molecule is Cl.Cl.OC(CN1CCNCC1)c1ccccc1. The highest BCUT2D eigenvalue weighted by molar-refractivity contribution is 5.85. The number of hydrogen-bond acceptors (Lipinski definition) is 3. The standard InChI is InChI=1S/C12H18N2O.2ClH/c15-12(11-4-2-1-3-5-11)10-14-8-6-13-7-9-14;;/h1-5,12-13,15H,6-10H2;2*1H. The van der Waals surface area contributed by atoms with Crippen molar-refractivity contribution in [2.75, 3.05) is 32.7 Å². The van der Waals surface area contributed by atoms with Crippen LogP contribution in [0.1, 0.15) is 11.7 Å². The largest absolute Gasteiger partial charge is 0.387 e. The Labute approximate surface area is 115 Å². The second-order valence-electron chi connectivity index (χ2n) is 3.98. The average Bonchev–Trinajstić information content (AvgIpc) is 2.31. The molecule has 0 radical (unpaired) electrons. The van der Waals surface area contributed by atoms with Crippen LogP contribution < -0.4 is 5.32 Å². The van der Waals surface area contributed by atoms with Crippen molar-refractivity contribution < 1.29 is 5.11 Å². The zero-order valence-electron chi connectivity index (χ0n) is 9.71. The van der Waals surface area contributed by atoms with E-state index in [1.807, 2.05) is 30.3 Å². The fourth-order valence-electron chi connectivity index (χ4n) is 1.92. The van der Waals surface area contributed by atoms with Gasteiger partial charge in [0.15, 0.2) is 0 Å². The van der Waals surface area contributed by atoms with Crippen molar-refractivity contribution in [2.45, 2.75) is 6.10 Å². The molecule has 2 N–H and O–H groups in total. The number of aliphatic hydroxyl groups excluding tert-OH is 1. The highest BCUT2D eigenvalue weighted by atomic mass is 35.5. The molecular weight excluding hydrogens is 259 g/mol. The Kier molecular flexibility index (Phi) is 8.56. The van der Waals surface area contributed by atoms with Gasteiger partial charge in [-0.25, -0.2) is 0 Å². The molecule has 17 heavy (non-hydrogen) atoms. The fourth-order valence-corrected chi connectivity index (χ4v) is 1.92. The number of nitrogens with zero attached hydrogens (tertiary/aromatic N) is 1. The summed E-state index contributed by atoms with van der Waals surface area (Å²) in [4.78, 5) is 2.30. The lowest BCUT2D eigenvalue weighted by molar-refractivity contribution is 0.105. The van der Waals surface area contributed by atoms with Crippen LogP contribution in [0, 0.1) is 0 Å². The van der Waals surface area contributed by atoms with E-state index in [0.29, 0.717) is 0 Å². The first kappa shape index (κ1) is 16.7. The monoisotopic (exact) mass is 278 g/mol. The Morgan fingerprint density at radius 2 is 1.71 bits per heavy atom. The molecule has 1 atom stereocenters. The van der Waals surface area contributed by atoms with Gasteiger partial charge in [0.1, 0.15) is 0 Å². The summed E-state index contributed by atoms with van der Waals surface area (Å²) in [5.74, 6) is 0. The van der Waals surface area contributed by atoms with Crippen LogP contribution in [0.15, 0.2) is 30.3 Å². The number of hydrogen-bond donors (Lipinski definition) is 2. The summed E-state index contributed by atoms with van der Waals surface area (Å²) in [6, 6.07) is 9.87. The Morgan fingerprint density at radius 3 is 2.29 bits per heavy atom. The van der Waals surface area contributed by atoms with Gasteiger partial charge in [-0.3, -0.25) is 4.90 Å². The first-order valence-electron chi connectivity index (χ1n) is 5.52. The third-order valence-electron chi connectivity index (χ3n) is 2.83. The van der Waals surface area contributed by atoms with Gasteiger partial charge in [-0.15, -0.1) is 24.8 Å². The molecule has 98 valence electrons. The summed E-state index contributed by atoms with van der Waals surface area (Å²) in [7, 11) is 0. The molecule has 0 spiro atoms. The van der Waals surface area contributed by atoms with Crippen molar-refractivity contribution in [3.63, 3.8) is 0 Å². The Morgan fingerprint density at radius 1 is 1.12 bits per heavy atom. The average molecular weight is 279 g/mol. The third-order valence-corrected chi connectivity index (χ3v) is 2.83. The van der Waals surface area contributed by atoms with Crippen LogP contribution in [0.4, 0.5) is 0 Å². The normalized spacial score (nSPS) is 17.7. The molecule has 3 nitrogen and oxygen atoms in total. The van der Waals surface area contributed by atoms with Gasteiger partial charge in [-0.2, -0.15) is 0 Å². The number of β-amino-alcohol motifs (C(OH)–C–C–N with tert-alkyl or cyclic N) is 1. The molecule has 1 aliphatic rings. The van der Waals surface area contributed by atoms with Crippen molar-refractivity contribution in [3.8, 4) is 0 Å². The maximum absolute atomic E-state index is 10.0. The van der Waals surface area contributed by atoms with E-state index in [-0.39, 0.29) is 30.9 Å². The van der Waals surface area contributed by atoms with Crippen LogP contribution in [0.5, 0.6) is 0 Å². The van der Waals surface area contributed by atoms with Gasteiger partial charge in [0.05, 0.1) is 6.10 Å². The van der Waals surface area contributed by atoms with Crippen LogP contribution in [0.25, 0.3) is 0 Å². The zero-order chi connectivity index (χ0) is 10.5. The van der Waals surface area contributed by atoms with Crippen LogP contribution in [0.2, 0.25) is 0 Å². The summed E-state index contributed by atoms with van der Waals surface area (Å²) < 4.78 is 0. The molecule has 1 saturated heterocycles. The predicted molar refractivity (Wildman–Crippen MR) is 75.2 cm³/mol. The molecule has 0 amide bonds. The Bertz CT molecular complexity index is 292. The number of benzene rings is 1. The van der Waals surface area contributed by atoms with Crippen LogP contribution >= 0.6 is 24.8 Å². The highest BCUT2D eigenvalue weighted by Crippen LogP contribution is 2.13. The van der Waals surface area contributed by atoms with Crippen molar-refractivity contribution in [1.82, 2.24) is 10.2 Å². The van der Waals surface area contributed by atoms with Crippen molar-refractivity contribution in [1.29, 1.82) is 0 Å². The van der Waals surface area contributed by atoms with E-state index in [1.165, 1.54) is 0 Å². The van der Waals surface area contributed by atoms with Crippen molar-refractivity contribution in [2.24, 2.45) is 0 Å². The number of rotatable bonds is 3. The molecule has 1 fully saturated rings. The lowest BCUT2D eigenvalue weighted by atomic mass is 10.1. The molecule has 1 heterocycles. The van der Waals surface area contributed by atoms with E-state index in [0.717, 1.165) is 38.3 Å². The molecule has 0 saturated carbocycles. The Balaban J connectivity index is 0.00000128. The van der Waals surface area contributed by atoms with Crippen LogP contribution in [-0.2, 0) is 0 Å². The number of halogens is 2. The molecule has 5 heteroatoms. The lowest BCUT2D eigenvalue weighted by Gasteiger charge is -2.29. The molecule has 1 aliphatic heterocycles. The lowest BCUT2D eigenvalue weighted by Crippen LogP contribution is -2.44. The molecule has 1 aromatic rings. The quantitative estimate of drug-likeness (QED) is 0.879. The summed E-state index contributed by atoms with van der Waals surface area (Å²) in [5, 5.41) is 13.3. The molecule has 0 bridgehead atoms. The zero-order valence-corrected chi connectivity index (χ0v) is 11.3. The summed E-state index contributed by atoms with van der Waals surface area (Å²) in [6.45, 7) is 4.86. The van der Waals surface area contributed by atoms with E-state index in [4.69, 9.17) is 0 Å². The van der Waals surface area contributed by atoms with E-state index in [9.17, 15) is 5.11 Å². The van der Waals surface area contributed by atoms with Gasteiger partial charge in [0.2, 0.25) is 0 Å². The van der Waals surface area contributed by atoms with Gasteiger partial charge in [0.25, 0.3) is 0 Å². The summed E-state index contributed by atoms with van der Waals surface area (Å²) >= 11 is 0. The summed E-state index contributed by atoms with van der Waals surface area (Å²) in [6.07, 6.45) is -0.357. The van der Waals surface area contributed by atoms with Gasteiger partial charge in [-0.1, -0.05) is 30.3 Å². The van der Waals surface area contributed by atoms with Gasteiger partial charge in [0, 0.05) is 32.7 Å². The summed E-state index contributed by atoms with van der Waals surface area (Å²) in [5.41, 5.74) is 1.01.